The van der Waals surface area contributed by atoms with E-state index in [0.29, 0.717) is 23.5 Å². The molecule has 1 saturated carbocycles. The van der Waals surface area contributed by atoms with Gasteiger partial charge >= 0.3 is 0 Å². The molecule has 0 radical (unpaired) electrons. The molecule has 100 valence electrons. The molecule has 0 amide bonds. The highest BCUT2D eigenvalue weighted by molar-refractivity contribution is 5.79. The van der Waals surface area contributed by atoms with Gasteiger partial charge in [-0.1, -0.05) is 0 Å². The number of aliphatic hydroxyl groups is 1. The summed E-state index contributed by atoms with van der Waals surface area (Å²) < 4.78 is 0. The minimum atomic E-state index is -0.432. The molecule has 7 heteroatoms. The summed E-state index contributed by atoms with van der Waals surface area (Å²) in [5.41, 5.74) is 1.34. The van der Waals surface area contributed by atoms with Gasteiger partial charge in [-0.3, -0.25) is 10.1 Å². The third-order valence-corrected chi connectivity index (χ3v) is 3.60. The van der Waals surface area contributed by atoms with Crippen LogP contribution in [0, 0.1) is 15.5 Å². The van der Waals surface area contributed by atoms with E-state index < -0.39 is 4.92 Å². The van der Waals surface area contributed by atoms with Gasteiger partial charge in [0.2, 0.25) is 5.95 Å². The Hall–Kier alpha value is -2.15. The molecule has 1 aromatic carbocycles. The Bertz CT molecular complexity index is 633. The molecule has 2 aromatic rings. The van der Waals surface area contributed by atoms with Crippen LogP contribution in [-0.2, 0) is 0 Å². The summed E-state index contributed by atoms with van der Waals surface area (Å²) in [6.45, 7) is 0.830. The predicted molar refractivity (Wildman–Crippen MR) is 70.0 cm³/mol. The molecule has 1 aliphatic carbocycles. The molecule has 3 N–H and O–H groups in total. The summed E-state index contributed by atoms with van der Waals surface area (Å²) in [6, 6.07) is 4.52. The first kappa shape index (κ1) is 11.9. The lowest BCUT2D eigenvalue weighted by molar-refractivity contribution is -0.384. The number of aliphatic hydroxyl groups excluding tert-OH is 1. The monoisotopic (exact) mass is 262 g/mol. The lowest BCUT2D eigenvalue weighted by Gasteiger charge is -2.11. The third-order valence-electron chi connectivity index (χ3n) is 3.60. The topological polar surface area (TPSA) is 104 Å². The van der Waals surface area contributed by atoms with Gasteiger partial charge in [0.05, 0.1) is 22.6 Å². The maximum atomic E-state index is 10.7. The number of rotatable bonds is 5. The number of H-pyrrole nitrogens is 1. The lowest BCUT2D eigenvalue weighted by Crippen LogP contribution is -2.19. The number of nitro benzene ring substituents is 1. The molecule has 0 bridgehead atoms. The lowest BCUT2D eigenvalue weighted by atomic mass is 10.1. The van der Waals surface area contributed by atoms with E-state index in [0.717, 1.165) is 12.8 Å². The fraction of sp³-hybridized carbons (Fsp3) is 0.417. The van der Waals surface area contributed by atoms with Gasteiger partial charge in [0.15, 0.2) is 0 Å². The summed E-state index contributed by atoms with van der Waals surface area (Å²) in [7, 11) is 0. The van der Waals surface area contributed by atoms with E-state index in [4.69, 9.17) is 0 Å². The second-order valence-electron chi connectivity index (χ2n) is 5.06. The first-order chi connectivity index (χ1) is 9.12. The van der Waals surface area contributed by atoms with Gasteiger partial charge in [0, 0.05) is 24.1 Å². The zero-order valence-electron chi connectivity index (χ0n) is 10.2. The number of aromatic nitrogens is 2. The molecule has 19 heavy (non-hydrogen) atoms. The van der Waals surface area contributed by atoms with Crippen molar-refractivity contribution in [2.45, 2.75) is 12.8 Å². The van der Waals surface area contributed by atoms with Crippen molar-refractivity contribution in [3.8, 4) is 0 Å². The molecule has 1 fully saturated rings. The molecule has 0 aliphatic heterocycles. The average Bonchev–Trinajstić information content (AvgIpc) is 3.07. The fourth-order valence-electron chi connectivity index (χ4n) is 2.03. The summed E-state index contributed by atoms with van der Waals surface area (Å²) in [5, 5.41) is 23.0. The first-order valence-corrected chi connectivity index (χ1v) is 6.11. The standard InChI is InChI=1S/C12H14N4O3/c17-7-12(3-4-12)6-13-11-14-9-2-1-8(16(18)19)5-10(9)15-11/h1-2,5,17H,3-4,6-7H2,(H2,13,14,15). The van der Waals surface area contributed by atoms with Crippen molar-refractivity contribution in [2.75, 3.05) is 18.5 Å². The Morgan fingerprint density at radius 3 is 2.95 bits per heavy atom. The van der Waals surface area contributed by atoms with Gasteiger partial charge in [0.1, 0.15) is 0 Å². The van der Waals surface area contributed by atoms with Crippen LogP contribution >= 0.6 is 0 Å². The second kappa shape index (κ2) is 4.20. The minimum absolute atomic E-state index is 0.00896. The van der Waals surface area contributed by atoms with Gasteiger partial charge in [-0.15, -0.1) is 0 Å². The molecular formula is C12H14N4O3. The number of anilines is 1. The maximum Gasteiger partial charge on any atom is 0.271 e. The van der Waals surface area contributed by atoms with Crippen LogP contribution in [0.2, 0.25) is 0 Å². The normalized spacial score (nSPS) is 16.5. The van der Waals surface area contributed by atoms with Gasteiger partial charge in [-0.2, -0.15) is 0 Å². The molecule has 1 heterocycles. The molecule has 1 aliphatic rings. The number of imidazole rings is 1. The van der Waals surface area contributed by atoms with Crippen molar-refractivity contribution in [1.82, 2.24) is 9.97 Å². The van der Waals surface area contributed by atoms with Gasteiger partial charge in [-0.05, 0) is 18.9 Å². The smallest absolute Gasteiger partial charge is 0.271 e. The number of hydrogen-bond donors (Lipinski definition) is 3. The second-order valence-corrected chi connectivity index (χ2v) is 5.06. The van der Waals surface area contributed by atoms with Crippen molar-refractivity contribution in [1.29, 1.82) is 0 Å². The largest absolute Gasteiger partial charge is 0.396 e. The van der Waals surface area contributed by atoms with E-state index in [2.05, 4.69) is 15.3 Å². The van der Waals surface area contributed by atoms with E-state index in [1.165, 1.54) is 12.1 Å². The third kappa shape index (κ3) is 2.24. The molecule has 0 saturated heterocycles. The number of fused-ring (bicyclic) bond motifs is 1. The molecule has 7 nitrogen and oxygen atoms in total. The first-order valence-electron chi connectivity index (χ1n) is 6.11. The summed E-state index contributed by atoms with van der Waals surface area (Å²) >= 11 is 0. The van der Waals surface area contributed by atoms with Crippen LogP contribution in [0.3, 0.4) is 0 Å². The van der Waals surface area contributed by atoms with Gasteiger partial charge in [-0.25, -0.2) is 4.98 Å². The highest BCUT2D eigenvalue weighted by atomic mass is 16.6. The van der Waals surface area contributed by atoms with E-state index >= 15 is 0 Å². The zero-order chi connectivity index (χ0) is 13.5. The predicted octanol–water partition coefficient (Wildman–Crippen LogP) is 1.66. The molecular weight excluding hydrogens is 248 g/mol. The van der Waals surface area contributed by atoms with E-state index in [1.54, 1.807) is 6.07 Å². The molecule has 0 spiro atoms. The van der Waals surface area contributed by atoms with E-state index in [9.17, 15) is 15.2 Å². The van der Waals surface area contributed by atoms with Crippen molar-refractivity contribution in [2.24, 2.45) is 5.41 Å². The molecule has 0 atom stereocenters. The molecule has 1 aromatic heterocycles. The van der Waals surface area contributed by atoms with Crippen molar-refractivity contribution >= 4 is 22.7 Å². The number of aromatic amines is 1. The average molecular weight is 262 g/mol. The number of benzene rings is 1. The summed E-state index contributed by atoms with van der Waals surface area (Å²) in [5.74, 6) is 0.579. The Morgan fingerprint density at radius 2 is 2.32 bits per heavy atom. The van der Waals surface area contributed by atoms with E-state index in [-0.39, 0.29) is 17.7 Å². The zero-order valence-corrected chi connectivity index (χ0v) is 10.2. The van der Waals surface area contributed by atoms with Crippen molar-refractivity contribution in [3.63, 3.8) is 0 Å². The maximum absolute atomic E-state index is 10.7. The van der Waals surface area contributed by atoms with Crippen molar-refractivity contribution < 1.29 is 10.0 Å². The number of nitrogens with zero attached hydrogens (tertiary/aromatic N) is 2. The van der Waals surface area contributed by atoms with Crippen LogP contribution in [-0.4, -0.2) is 33.1 Å². The number of non-ortho nitro benzene ring substituents is 1. The number of nitro groups is 1. The SMILES string of the molecule is O=[N+]([O-])c1ccc2nc(NCC3(CO)CC3)[nH]c2c1. The molecule has 3 rings (SSSR count). The van der Waals surface area contributed by atoms with Gasteiger partial charge < -0.3 is 15.4 Å². The minimum Gasteiger partial charge on any atom is -0.396 e. The number of nitrogens with one attached hydrogen (secondary N) is 2. The fourth-order valence-corrected chi connectivity index (χ4v) is 2.03. The Morgan fingerprint density at radius 1 is 1.53 bits per heavy atom. The highest BCUT2D eigenvalue weighted by Crippen LogP contribution is 2.44. The van der Waals surface area contributed by atoms with E-state index in [1.807, 2.05) is 0 Å². The molecule has 0 unspecified atom stereocenters. The van der Waals surface area contributed by atoms with Crippen LogP contribution in [0.15, 0.2) is 18.2 Å². The van der Waals surface area contributed by atoms with Crippen LogP contribution in [0.5, 0.6) is 0 Å². The highest BCUT2D eigenvalue weighted by Gasteiger charge is 2.41. The van der Waals surface area contributed by atoms with Crippen LogP contribution in [0.1, 0.15) is 12.8 Å². The number of hydrogen-bond acceptors (Lipinski definition) is 5. The summed E-state index contributed by atoms with van der Waals surface area (Å²) in [6.07, 6.45) is 2.03. The Labute approximate surface area is 108 Å². The van der Waals surface area contributed by atoms with Crippen LogP contribution in [0.25, 0.3) is 11.0 Å². The Kier molecular flexibility index (Phi) is 2.63. The summed E-state index contributed by atoms with van der Waals surface area (Å²) in [4.78, 5) is 17.6. The van der Waals surface area contributed by atoms with Crippen LogP contribution < -0.4 is 5.32 Å². The van der Waals surface area contributed by atoms with Crippen molar-refractivity contribution in [3.05, 3.63) is 28.3 Å². The Balaban J connectivity index is 1.79. The van der Waals surface area contributed by atoms with Gasteiger partial charge in [0.25, 0.3) is 5.69 Å². The quantitative estimate of drug-likeness (QED) is 0.561. The van der Waals surface area contributed by atoms with Crippen LogP contribution in [0.4, 0.5) is 11.6 Å².